The van der Waals surface area contributed by atoms with Gasteiger partial charge >= 0.3 is 6.09 Å². The molecular weight excluding hydrogens is 430 g/mol. The number of rotatable bonds is 3. The predicted octanol–water partition coefficient (Wildman–Crippen LogP) is 5.22. The molecule has 2 heterocycles. The number of amidine groups is 1. The maximum Gasteiger partial charge on any atom is 0.410 e. The molecule has 3 aromatic rings. The van der Waals surface area contributed by atoms with Gasteiger partial charge in [-0.1, -0.05) is 48.5 Å². The molecule has 5 rings (SSSR count). The van der Waals surface area contributed by atoms with E-state index in [1.807, 2.05) is 72.8 Å². The summed E-state index contributed by atoms with van der Waals surface area (Å²) in [6.07, 6.45) is 0.519. The van der Waals surface area contributed by atoms with Crippen LogP contribution in [0.1, 0.15) is 17.5 Å². The molecule has 0 atom stereocenters. The third-order valence-corrected chi connectivity index (χ3v) is 6.00. The zero-order chi connectivity index (χ0) is 23.3. The highest BCUT2D eigenvalue weighted by atomic mass is 16.6. The van der Waals surface area contributed by atoms with Gasteiger partial charge in [0.2, 0.25) is 0 Å². The molecule has 0 spiro atoms. The van der Waals surface area contributed by atoms with Crippen LogP contribution in [-0.4, -0.2) is 55.0 Å². The molecule has 7 nitrogen and oxygen atoms in total. The molecule has 0 radical (unpaired) electrons. The second-order valence-corrected chi connectivity index (χ2v) is 8.21. The van der Waals surface area contributed by atoms with Gasteiger partial charge in [0.15, 0.2) is 17.2 Å². The number of methoxy groups -OCH3 is 1. The summed E-state index contributed by atoms with van der Waals surface area (Å²) in [5.41, 5.74) is 2.61. The van der Waals surface area contributed by atoms with Crippen molar-refractivity contribution >= 4 is 17.6 Å². The fraction of sp³-hybridized carbons (Fsp3) is 0.259. The first-order valence-electron chi connectivity index (χ1n) is 11.5. The quantitative estimate of drug-likeness (QED) is 0.539. The minimum Gasteiger partial charge on any atom is -0.493 e. The number of fused-ring (bicyclic) bond motifs is 2. The van der Waals surface area contributed by atoms with Gasteiger partial charge in [0, 0.05) is 26.2 Å². The van der Waals surface area contributed by atoms with Gasteiger partial charge in [0.25, 0.3) is 0 Å². The van der Waals surface area contributed by atoms with Gasteiger partial charge in [-0.2, -0.15) is 0 Å². The molecule has 0 N–H and O–H groups in total. The van der Waals surface area contributed by atoms with E-state index in [-0.39, 0.29) is 12.7 Å². The zero-order valence-corrected chi connectivity index (χ0v) is 19.1. The largest absolute Gasteiger partial charge is 0.493 e. The molecule has 1 saturated heterocycles. The lowest BCUT2D eigenvalue weighted by molar-refractivity contribution is 0.0979. The van der Waals surface area contributed by atoms with E-state index in [0.717, 1.165) is 35.6 Å². The highest BCUT2D eigenvalue weighted by molar-refractivity contribution is 6.04. The third-order valence-electron chi connectivity index (χ3n) is 6.00. The standard InChI is InChI=1S/C27H27N3O4/c1-32-24-14-7-11-21-25(24)34-23-13-6-5-12-22(23)28-26(21)29-15-8-16-30(18-17-29)27(31)33-19-20-9-3-2-4-10-20/h2-7,9-14H,8,15-19H2,1H3. The van der Waals surface area contributed by atoms with Gasteiger partial charge < -0.3 is 24.0 Å². The summed E-state index contributed by atoms with van der Waals surface area (Å²) in [6.45, 7) is 2.86. The lowest BCUT2D eigenvalue weighted by atomic mass is 10.1. The van der Waals surface area contributed by atoms with Crippen molar-refractivity contribution in [3.63, 3.8) is 0 Å². The van der Waals surface area contributed by atoms with Crippen LogP contribution in [0.4, 0.5) is 10.5 Å². The van der Waals surface area contributed by atoms with Crippen molar-refractivity contribution < 1.29 is 19.0 Å². The number of nitrogens with zero attached hydrogens (tertiary/aromatic N) is 3. The maximum atomic E-state index is 12.7. The van der Waals surface area contributed by atoms with Crippen LogP contribution < -0.4 is 9.47 Å². The van der Waals surface area contributed by atoms with Crippen LogP contribution in [0.15, 0.2) is 77.8 Å². The molecule has 34 heavy (non-hydrogen) atoms. The number of aliphatic imine (C=N–C) groups is 1. The molecule has 2 aliphatic heterocycles. The molecule has 0 saturated carbocycles. The Kier molecular flexibility index (Phi) is 6.33. The van der Waals surface area contributed by atoms with E-state index in [0.29, 0.717) is 36.9 Å². The topological polar surface area (TPSA) is 63.6 Å². The number of hydrogen-bond acceptors (Lipinski definition) is 6. The van der Waals surface area contributed by atoms with Gasteiger partial charge in [-0.15, -0.1) is 0 Å². The van der Waals surface area contributed by atoms with Crippen molar-refractivity contribution in [2.24, 2.45) is 4.99 Å². The Bertz CT molecular complexity index is 1200. The van der Waals surface area contributed by atoms with E-state index in [1.165, 1.54) is 0 Å². The third kappa shape index (κ3) is 4.55. The smallest absolute Gasteiger partial charge is 0.410 e. The fourth-order valence-corrected chi connectivity index (χ4v) is 4.24. The van der Waals surface area contributed by atoms with Crippen LogP contribution in [0.25, 0.3) is 0 Å². The van der Waals surface area contributed by atoms with Crippen molar-refractivity contribution in [2.45, 2.75) is 13.0 Å². The summed E-state index contributed by atoms with van der Waals surface area (Å²) in [4.78, 5) is 21.7. The Labute approximate surface area is 199 Å². The molecule has 0 unspecified atom stereocenters. The van der Waals surface area contributed by atoms with Crippen LogP contribution in [-0.2, 0) is 11.3 Å². The second-order valence-electron chi connectivity index (χ2n) is 8.21. The molecular formula is C27H27N3O4. The van der Waals surface area contributed by atoms with E-state index in [9.17, 15) is 4.79 Å². The predicted molar refractivity (Wildman–Crippen MR) is 130 cm³/mol. The molecule has 7 heteroatoms. The minimum absolute atomic E-state index is 0.272. The van der Waals surface area contributed by atoms with Crippen molar-refractivity contribution in [3.8, 4) is 17.2 Å². The van der Waals surface area contributed by atoms with E-state index >= 15 is 0 Å². The van der Waals surface area contributed by atoms with Gasteiger partial charge in [-0.05, 0) is 36.2 Å². The summed E-state index contributed by atoms with van der Waals surface area (Å²) in [7, 11) is 1.64. The van der Waals surface area contributed by atoms with Gasteiger partial charge in [-0.3, -0.25) is 0 Å². The summed E-state index contributed by atoms with van der Waals surface area (Å²) in [5, 5.41) is 0. The Morgan fingerprint density at radius 2 is 1.76 bits per heavy atom. The van der Waals surface area contributed by atoms with Crippen molar-refractivity contribution in [1.29, 1.82) is 0 Å². The van der Waals surface area contributed by atoms with Crippen LogP contribution in [0, 0.1) is 0 Å². The number of amides is 1. The first kappa shape index (κ1) is 21.8. The number of carbonyl (C=O) groups excluding carboxylic acids is 1. The average molecular weight is 458 g/mol. The molecule has 1 fully saturated rings. The maximum absolute atomic E-state index is 12.7. The molecule has 2 aliphatic rings. The molecule has 3 aromatic carbocycles. The number of hydrogen-bond donors (Lipinski definition) is 0. The Hall–Kier alpha value is -4.00. The SMILES string of the molecule is COc1cccc2c1Oc1ccccc1N=C2N1CCCN(C(=O)OCc2ccccc2)CC1. The molecule has 1 amide bonds. The molecule has 0 aliphatic carbocycles. The first-order chi connectivity index (χ1) is 16.7. The Morgan fingerprint density at radius 3 is 2.62 bits per heavy atom. The minimum atomic E-state index is -0.288. The summed E-state index contributed by atoms with van der Waals surface area (Å²) in [6, 6.07) is 23.3. The molecule has 174 valence electrons. The zero-order valence-electron chi connectivity index (χ0n) is 19.1. The van der Waals surface area contributed by atoms with Crippen molar-refractivity contribution in [3.05, 3.63) is 83.9 Å². The number of ether oxygens (including phenoxy) is 3. The highest BCUT2D eigenvalue weighted by Gasteiger charge is 2.28. The number of carbonyl (C=O) groups is 1. The lowest BCUT2D eigenvalue weighted by Crippen LogP contribution is -2.37. The fourth-order valence-electron chi connectivity index (χ4n) is 4.24. The van der Waals surface area contributed by atoms with E-state index < -0.39 is 0 Å². The van der Waals surface area contributed by atoms with Crippen molar-refractivity contribution in [1.82, 2.24) is 9.80 Å². The van der Waals surface area contributed by atoms with E-state index in [4.69, 9.17) is 19.2 Å². The van der Waals surface area contributed by atoms with E-state index in [2.05, 4.69) is 4.90 Å². The van der Waals surface area contributed by atoms with Crippen LogP contribution >= 0.6 is 0 Å². The molecule has 0 aromatic heterocycles. The first-order valence-corrected chi connectivity index (χ1v) is 11.5. The summed E-state index contributed by atoms with van der Waals surface area (Å²) < 4.78 is 17.4. The second kappa shape index (κ2) is 9.87. The summed E-state index contributed by atoms with van der Waals surface area (Å²) in [5.74, 6) is 2.81. The van der Waals surface area contributed by atoms with Gasteiger partial charge in [0.1, 0.15) is 18.1 Å². The molecule has 0 bridgehead atoms. The van der Waals surface area contributed by atoms with Gasteiger partial charge in [-0.25, -0.2) is 9.79 Å². The Balaban J connectivity index is 1.36. The number of benzene rings is 3. The average Bonchev–Trinajstić information content (AvgIpc) is 3.23. The normalized spacial score (nSPS) is 15.1. The summed E-state index contributed by atoms with van der Waals surface area (Å²) >= 11 is 0. The van der Waals surface area contributed by atoms with Gasteiger partial charge in [0.05, 0.1) is 12.7 Å². The lowest BCUT2D eigenvalue weighted by Gasteiger charge is -2.25. The van der Waals surface area contributed by atoms with Crippen LogP contribution in [0.2, 0.25) is 0 Å². The van der Waals surface area contributed by atoms with Crippen molar-refractivity contribution in [2.75, 3.05) is 33.3 Å². The van der Waals surface area contributed by atoms with Crippen LogP contribution in [0.3, 0.4) is 0 Å². The monoisotopic (exact) mass is 457 g/mol. The number of para-hydroxylation sites is 3. The Morgan fingerprint density at radius 1 is 0.941 bits per heavy atom. The highest BCUT2D eigenvalue weighted by Crippen LogP contribution is 2.42. The van der Waals surface area contributed by atoms with E-state index in [1.54, 1.807) is 12.0 Å². The van der Waals surface area contributed by atoms with Crippen LogP contribution in [0.5, 0.6) is 17.2 Å².